The monoisotopic (exact) mass is 321 g/mol. The molecule has 1 heterocycles. The highest BCUT2D eigenvalue weighted by atomic mass is 16.5. The molecule has 1 aromatic carbocycles. The molecular weight excluding hydrogens is 294 g/mol. The smallest absolute Gasteiger partial charge is 0.227 e. The highest BCUT2D eigenvalue weighted by Crippen LogP contribution is 2.33. The number of nitrogens with two attached hydrogens (primary N) is 2. The molecule has 7 heteroatoms. The zero-order chi connectivity index (χ0) is 17.4. The highest BCUT2D eigenvalue weighted by Gasteiger charge is 2.13. The standard InChI is InChI=1S/C14H21N5O2.C2H6/c1-19(6-4-5-15)14-17-10-8-12(21-3)11(20-2)7-9(10)13(16)18-14;1-2/h7-8H,4-6,15H2,1-3H3,(H2,16,17,18);1-2H3. The lowest BCUT2D eigenvalue weighted by Crippen LogP contribution is -2.23. The molecule has 0 atom stereocenters. The van der Waals surface area contributed by atoms with Gasteiger partial charge in [-0.05, 0) is 19.0 Å². The average molecular weight is 321 g/mol. The van der Waals surface area contributed by atoms with Crippen LogP contribution in [0.25, 0.3) is 10.9 Å². The molecule has 0 spiro atoms. The maximum atomic E-state index is 6.04. The van der Waals surface area contributed by atoms with Crippen LogP contribution in [0.3, 0.4) is 0 Å². The molecule has 2 rings (SSSR count). The molecule has 0 amide bonds. The fourth-order valence-corrected chi connectivity index (χ4v) is 2.07. The van der Waals surface area contributed by atoms with E-state index in [0.29, 0.717) is 29.8 Å². The van der Waals surface area contributed by atoms with Gasteiger partial charge in [0.25, 0.3) is 0 Å². The molecular formula is C16H27N5O2. The lowest BCUT2D eigenvalue weighted by Gasteiger charge is -2.18. The fraction of sp³-hybridized carbons (Fsp3) is 0.500. The van der Waals surface area contributed by atoms with E-state index in [1.807, 2.05) is 25.8 Å². The van der Waals surface area contributed by atoms with E-state index in [4.69, 9.17) is 20.9 Å². The summed E-state index contributed by atoms with van der Waals surface area (Å²) in [4.78, 5) is 10.8. The maximum Gasteiger partial charge on any atom is 0.227 e. The summed E-state index contributed by atoms with van der Waals surface area (Å²) in [5.74, 6) is 2.19. The van der Waals surface area contributed by atoms with E-state index in [0.717, 1.165) is 23.9 Å². The summed E-state index contributed by atoms with van der Waals surface area (Å²) in [6, 6.07) is 3.58. The first kappa shape index (κ1) is 18.8. The Morgan fingerprint density at radius 2 is 1.70 bits per heavy atom. The van der Waals surface area contributed by atoms with Crippen molar-refractivity contribution in [3.63, 3.8) is 0 Å². The number of methoxy groups -OCH3 is 2. The topological polar surface area (TPSA) is 99.5 Å². The zero-order valence-electron chi connectivity index (χ0n) is 14.6. The van der Waals surface area contributed by atoms with E-state index in [1.54, 1.807) is 26.4 Å². The first-order valence-corrected chi connectivity index (χ1v) is 7.71. The number of fused-ring (bicyclic) bond motifs is 1. The number of anilines is 2. The first-order chi connectivity index (χ1) is 11.1. The van der Waals surface area contributed by atoms with Crippen LogP contribution >= 0.6 is 0 Å². The fourth-order valence-electron chi connectivity index (χ4n) is 2.07. The van der Waals surface area contributed by atoms with Gasteiger partial charge in [-0.3, -0.25) is 0 Å². The van der Waals surface area contributed by atoms with Gasteiger partial charge in [0.2, 0.25) is 5.95 Å². The minimum atomic E-state index is 0.413. The number of aromatic nitrogens is 2. The molecule has 0 aliphatic rings. The number of benzene rings is 1. The van der Waals surface area contributed by atoms with Crippen molar-refractivity contribution in [2.24, 2.45) is 5.73 Å². The number of hydrogen-bond acceptors (Lipinski definition) is 7. The Morgan fingerprint density at radius 3 is 2.26 bits per heavy atom. The van der Waals surface area contributed by atoms with Gasteiger partial charge in [0.15, 0.2) is 11.5 Å². The quantitative estimate of drug-likeness (QED) is 0.839. The predicted molar refractivity (Wildman–Crippen MR) is 95.3 cm³/mol. The summed E-state index contributed by atoms with van der Waals surface area (Å²) < 4.78 is 10.6. The molecule has 0 aliphatic carbocycles. The van der Waals surface area contributed by atoms with Crippen LogP contribution in [0.4, 0.5) is 11.8 Å². The number of ether oxygens (including phenoxy) is 2. The van der Waals surface area contributed by atoms with Crippen molar-refractivity contribution in [3.8, 4) is 11.5 Å². The second-order valence-corrected chi connectivity index (χ2v) is 4.70. The Hall–Kier alpha value is -2.28. The van der Waals surface area contributed by atoms with Crippen LogP contribution in [-0.2, 0) is 0 Å². The van der Waals surface area contributed by atoms with E-state index in [-0.39, 0.29) is 0 Å². The third-order valence-corrected chi connectivity index (χ3v) is 3.26. The van der Waals surface area contributed by atoms with E-state index in [1.165, 1.54) is 0 Å². The summed E-state index contributed by atoms with van der Waals surface area (Å²) in [6.07, 6.45) is 0.865. The van der Waals surface area contributed by atoms with Crippen molar-refractivity contribution in [2.45, 2.75) is 20.3 Å². The normalized spacial score (nSPS) is 10.0. The Kier molecular flexibility index (Phi) is 7.34. The van der Waals surface area contributed by atoms with Crippen LogP contribution in [0.2, 0.25) is 0 Å². The summed E-state index contributed by atoms with van der Waals surface area (Å²) in [7, 11) is 5.08. The van der Waals surface area contributed by atoms with Crippen molar-refractivity contribution in [3.05, 3.63) is 12.1 Å². The third kappa shape index (κ3) is 4.35. The van der Waals surface area contributed by atoms with E-state index in [2.05, 4.69) is 9.97 Å². The molecule has 2 aromatic rings. The molecule has 0 aliphatic heterocycles. The molecule has 23 heavy (non-hydrogen) atoms. The molecule has 0 saturated carbocycles. The molecule has 0 bridgehead atoms. The second kappa shape index (κ2) is 8.99. The molecule has 0 fully saturated rings. The molecule has 7 nitrogen and oxygen atoms in total. The van der Waals surface area contributed by atoms with Gasteiger partial charge in [-0.1, -0.05) is 13.8 Å². The lowest BCUT2D eigenvalue weighted by atomic mass is 10.2. The second-order valence-electron chi connectivity index (χ2n) is 4.70. The van der Waals surface area contributed by atoms with Crippen LogP contribution in [0.1, 0.15) is 20.3 Å². The zero-order valence-corrected chi connectivity index (χ0v) is 14.6. The average Bonchev–Trinajstić information content (AvgIpc) is 2.60. The molecule has 4 N–H and O–H groups in total. The van der Waals surface area contributed by atoms with Crippen molar-refractivity contribution in [1.29, 1.82) is 0 Å². The molecule has 1 aromatic heterocycles. The van der Waals surface area contributed by atoms with Gasteiger partial charge in [0, 0.05) is 25.0 Å². The lowest BCUT2D eigenvalue weighted by molar-refractivity contribution is 0.356. The Morgan fingerprint density at radius 1 is 1.09 bits per heavy atom. The highest BCUT2D eigenvalue weighted by molar-refractivity contribution is 5.91. The predicted octanol–water partition coefficient (Wildman–Crippen LogP) is 2.04. The van der Waals surface area contributed by atoms with Gasteiger partial charge in [-0.2, -0.15) is 4.98 Å². The number of hydrogen-bond donors (Lipinski definition) is 2. The van der Waals surface area contributed by atoms with Crippen LogP contribution in [0.5, 0.6) is 11.5 Å². The van der Waals surface area contributed by atoms with Crippen molar-refractivity contribution in [2.75, 3.05) is 45.0 Å². The minimum absolute atomic E-state index is 0.413. The molecule has 128 valence electrons. The van der Waals surface area contributed by atoms with Gasteiger partial charge < -0.3 is 25.8 Å². The first-order valence-electron chi connectivity index (χ1n) is 7.71. The summed E-state index contributed by atoms with van der Waals surface area (Å²) in [5, 5.41) is 0.739. The third-order valence-electron chi connectivity index (χ3n) is 3.26. The van der Waals surface area contributed by atoms with Gasteiger partial charge in [0.1, 0.15) is 5.82 Å². The minimum Gasteiger partial charge on any atom is -0.493 e. The Labute approximate surface area is 137 Å². The van der Waals surface area contributed by atoms with Gasteiger partial charge in [-0.25, -0.2) is 4.98 Å². The Balaban J connectivity index is 0.00000127. The van der Waals surface area contributed by atoms with E-state index < -0.39 is 0 Å². The number of nitrogens with zero attached hydrogens (tertiary/aromatic N) is 3. The largest absolute Gasteiger partial charge is 0.493 e. The summed E-state index contributed by atoms with van der Waals surface area (Å²) in [5.41, 5.74) is 12.3. The Bertz CT molecular complexity index is 633. The molecule has 0 saturated heterocycles. The summed E-state index contributed by atoms with van der Waals surface area (Å²) in [6.45, 7) is 5.40. The van der Waals surface area contributed by atoms with Gasteiger partial charge in [0.05, 0.1) is 19.7 Å². The summed E-state index contributed by atoms with van der Waals surface area (Å²) >= 11 is 0. The van der Waals surface area contributed by atoms with E-state index >= 15 is 0 Å². The van der Waals surface area contributed by atoms with Crippen LogP contribution in [-0.4, -0.2) is 44.3 Å². The number of rotatable bonds is 6. The van der Waals surface area contributed by atoms with Crippen molar-refractivity contribution < 1.29 is 9.47 Å². The van der Waals surface area contributed by atoms with Crippen molar-refractivity contribution in [1.82, 2.24) is 9.97 Å². The number of nitrogen functional groups attached to an aromatic ring is 1. The molecule has 0 radical (unpaired) electrons. The van der Waals surface area contributed by atoms with Crippen molar-refractivity contribution >= 4 is 22.7 Å². The van der Waals surface area contributed by atoms with Crippen LogP contribution in [0.15, 0.2) is 12.1 Å². The SMILES string of the molecule is CC.COc1cc2nc(N(C)CCCN)nc(N)c2cc1OC. The van der Waals surface area contributed by atoms with E-state index in [9.17, 15) is 0 Å². The van der Waals surface area contributed by atoms with Crippen LogP contribution < -0.4 is 25.8 Å². The van der Waals surface area contributed by atoms with Gasteiger partial charge >= 0.3 is 0 Å². The van der Waals surface area contributed by atoms with Gasteiger partial charge in [-0.15, -0.1) is 0 Å². The van der Waals surface area contributed by atoms with Crippen LogP contribution in [0, 0.1) is 0 Å². The molecule has 0 unspecified atom stereocenters. The maximum absolute atomic E-state index is 6.04.